The SMILES string of the molecule is NC(=O)C1CCC(N[C@H]2CS(=O)(=O)c3ccccc32)CC1. The Morgan fingerprint density at radius 2 is 1.81 bits per heavy atom. The molecular weight excluding hydrogens is 288 g/mol. The highest BCUT2D eigenvalue weighted by atomic mass is 32.2. The van der Waals surface area contributed by atoms with Gasteiger partial charge < -0.3 is 11.1 Å². The van der Waals surface area contributed by atoms with Gasteiger partial charge in [0.05, 0.1) is 10.6 Å². The highest BCUT2D eigenvalue weighted by molar-refractivity contribution is 7.91. The van der Waals surface area contributed by atoms with Gasteiger partial charge in [0, 0.05) is 18.0 Å². The molecule has 1 aliphatic heterocycles. The molecule has 1 heterocycles. The van der Waals surface area contributed by atoms with E-state index in [0.717, 1.165) is 31.2 Å². The quantitative estimate of drug-likeness (QED) is 0.876. The van der Waals surface area contributed by atoms with Crippen LogP contribution in [0.15, 0.2) is 29.2 Å². The van der Waals surface area contributed by atoms with Gasteiger partial charge in [-0.3, -0.25) is 4.79 Å². The number of primary amides is 1. The number of fused-ring (bicyclic) bond motifs is 1. The third-order valence-electron chi connectivity index (χ3n) is 4.58. The number of amides is 1. The highest BCUT2D eigenvalue weighted by Gasteiger charge is 2.36. The van der Waals surface area contributed by atoms with Crippen molar-refractivity contribution in [1.82, 2.24) is 5.32 Å². The first-order valence-corrected chi connectivity index (χ1v) is 8.99. The summed E-state index contributed by atoms with van der Waals surface area (Å²) >= 11 is 0. The summed E-state index contributed by atoms with van der Waals surface area (Å²) in [5.74, 6) is -0.118. The fraction of sp³-hybridized carbons (Fsp3) is 0.533. The molecule has 0 spiro atoms. The first-order valence-electron chi connectivity index (χ1n) is 7.34. The molecule has 0 radical (unpaired) electrons. The largest absolute Gasteiger partial charge is 0.369 e. The van der Waals surface area contributed by atoms with Gasteiger partial charge in [0.2, 0.25) is 5.91 Å². The molecule has 5 nitrogen and oxygen atoms in total. The van der Waals surface area contributed by atoms with Gasteiger partial charge in [-0.05, 0) is 37.3 Å². The number of nitrogens with one attached hydrogen (secondary N) is 1. The second-order valence-corrected chi connectivity index (χ2v) is 7.99. The van der Waals surface area contributed by atoms with Crippen molar-refractivity contribution >= 4 is 15.7 Å². The molecule has 1 aromatic rings. The van der Waals surface area contributed by atoms with Gasteiger partial charge in [-0.1, -0.05) is 18.2 Å². The van der Waals surface area contributed by atoms with Crippen molar-refractivity contribution in [3.63, 3.8) is 0 Å². The van der Waals surface area contributed by atoms with Crippen molar-refractivity contribution in [1.29, 1.82) is 0 Å². The Labute approximate surface area is 124 Å². The average molecular weight is 308 g/mol. The van der Waals surface area contributed by atoms with Crippen LogP contribution in [0.4, 0.5) is 0 Å². The third kappa shape index (κ3) is 2.82. The second kappa shape index (κ2) is 5.42. The van der Waals surface area contributed by atoms with Gasteiger partial charge >= 0.3 is 0 Å². The van der Waals surface area contributed by atoms with E-state index < -0.39 is 9.84 Å². The molecule has 1 amide bonds. The molecule has 6 heteroatoms. The summed E-state index contributed by atoms with van der Waals surface area (Å²) in [5.41, 5.74) is 6.21. The van der Waals surface area contributed by atoms with E-state index in [2.05, 4.69) is 5.32 Å². The van der Waals surface area contributed by atoms with Gasteiger partial charge in [0.25, 0.3) is 0 Å². The molecule has 0 saturated heterocycles. The maximum atomic E-state index is 12.1. The van der Waals surface area contributed by atoms with Gasteiger partial charge in [-0.25, -0.2) is 8.42 Å². The van der Waals surface area contributed by atoms with Crippen LogP contribution in [0.1, 0.15) is 37.3 Å². The molecule has 3 rings (SSSR count). The van der Waals surface area contributed by atoms with Crippen LogP contribution in [0.3, 0.4) is 0 Å². The summed E-state index contributed by atoms with van der Waals surface area (Å²) in [6.45, 7) is 0. The Morgan fingerprint density at radius 3 is 2.48 bits per heavy atom. The number of carbonyl (C=O) groups is 1. The summed E-state index contributed by atoms with van der Waals surface area (Å²) in [6, 6.07) is 7.31. The van der Waals surface area contributed by atoms with E-state index in [1.165, 1.54) is 0 Å². The van der Waals surface area contributed by atoms with Crippen LogP contribution >= 0.6 is 0 Å². The maximum absolute atomic E-state index is 12.1. The summed E-state index contributed by atoms with van der Waals surface area (Å²) in [6.07, 6.45) is 3.31. The Hall–Kier alpha value is -1.40. The number of benzene rings is 1. The monoisotopic (exact) mass is 308 g/mol. The Morgan fingerprint density at radius 1 is 1.14 bits per heavy atom. The van der Waals surface area contributed by atoms with Crippen LogP contribution < -0.4 is 11.1 Å². The standard InChI is InChI=1S/C15H20N2O3S/c16-15(18)10-5-7-11(8-6-10)17-13-9-21(19,20)14-4-2-1-3-12(13)14/h1-4,10-11,13,17H,5-9H2,(H2,16,18)/t10?,11?,13-/m0/s1. The Bertz CT molecular complexity index is 649. The van der Waals surface area contributed by atoms with Crippen LogP contribution in [-0.2, 0) is 14.6 Å². The second-order valence-electron chi connectivity index (χ2n) is 5.99. The number of nitrogens with two attached hydrogens (primary N) is 1. The highest BCUT2D eigenvalue weighted by Crippen LogP contribution is 2.34. The number of hydrogen-bond acceptors (Lipinski definition) is 4. The molecule has 3 N–H and O–H groups in total. The maximum Gasteiger partial charge on any atom is 0.220 e. The lowest BCUT2D eigenvalue weighted by Crippen LogP contribution is -2.39. The molecule has 1 aromatic carbocycles. The minimum absolute atomic E-state index is 0.0253. The first-order chi connectivity index (χ1) is 9.97. The Kier molecular flexibility index (Phi) is 3.75. The molecule has 1 fully saturated rings. The lowest BCUT2D eigenvalue weighted by molar-refractivity contribution is -0.122. The summed E-state index contributed by atoms with van der Waals surface area (Å²) < 4.78 is 24.3. The number of sulfone groups is 1. The minimum Gasteiger partial charge on any atom is -0.369 e. The minimum atomic E-state index is -3.17. The molecule has 1 saturated carbocycles. The van der Waals surface area contributed by atoms with Gasteiger partial charge in [-0.15, -0.1) is 0 Å². The van der Waals surface area contributed by atoms with Crippen molar-refractivity contribution in [2.45, 2.75) is 42.7 Å². The van der Waals surface area contributed by atoms with Crippen LogP contribution in [-0.4, -0.2) is 26.1 Å². The lowest BCUT2D eigenvalue weighted by Gasteiger charge is -2.29. The zero-order valence-corrected chi connectivity index (χ0v) is 12.6. The number of carbonyl (C=O) groups excluding carboxylic acids is 1. The first kappa shape index (κ1) is 14.5. The van der Waals surface area contributed by atoms with Gasteiger partial charge in [0.1, 0.15) is 0 Å². The van der Waals surface area contributed by atoms with E-state index in [1.807, 2.05) is 12.1 Å². The van der Waals surface area contributed by atoms with Gasteiger partial charge in [0.15, 0.2) is 9.84 Å². The molecular formula is C15H20N2O3S. The van der Waals surface area contributed by atoms with Crippen molar-refractivity contribution in [3.8, 4) is 0 Å². The van der Waals surface area contributed by atoms with Crippen LogP contribution in [0.2, 0.25) is 0 Å². The van der Waals surface area contributed by atoms with Crippen molar-refractivity contribution < 1.29 is 13.2 Å². The number of hydrogen-bond donors (Lipinski definition) is 2. The summed E-state index contributed by atoms with van der Waals surface area (Å²) in [7, 11) is -3.17. The molecule has 21 heavy (non-hydrogen) atoms. The third-order valence-corrected chi connectivity index (χ3v) is 6.40. The predicted molar refractivity (Wildman–Crippen MR) is 79.3 cm³/mol. The van der Waals surface area contributed by atoms with E-state index in [1.54, 1.807) is 12.1 Å². The van der Waals surface area contributed by atoms with Crippen LogP contribution in [0.25, 0.3) is 0 Å². The fourth-order valence-corrected chi connectivity index (χ4v) is 5.17. The molecule has 114 valence electrons. The average Bonchev–Trinajstić information content (AvgIpc) is 2.71. The molecule has 0 aromatic heterocycles. The smallest absolute Gasteiger partial charge is 0.220 e. The van der Waals surface area contributed by atoms with E-state index in [-0.39, 0.29) is 29.7 Å². The topological polar surface area (TPSA) is 89.3 Å². The van der Waals surface area contributed by atoms with E-state index in [9.17, 15) is 13.2 Å². The summed E-state index contributed by atoms with van der Waals surface area (Å²) in [4.78, 5) is 11.6. The zero-order chi connectivity index (χ0) is 15.0. The lowest BCUT2D eigenvalue weighted by atomic mass is 9.85. The molecule has 0 bridgehead atoms. The van der Waals surface area contributed by atoms with Gasteiger partial charge in [-0.2, -0.15) is 0 Å². The van der Waals surface area contributed by atoms with E-state index >= 15 is 0 Å². The Balaban J connectivity index is 1.69. The predicted octanol–water partition coefficient (Wildman–Crippen LogP) is 1.15. The van der Waals surface area contributed by atoms with E-state index in [0.29, 0.717) is 4.90 Å². The van der Waals surface area contributed by atoms with Crippen molar-refractivity contribution in [2.75, 3.05) is 5.75 Å². The van der Waals surface area contributed by atoms with Crippen LogP contribution in [0, 0.1) is 5.92 Å². The van der Waals surface area contributed by atoms with E-state index in [4.69, 9.17) is 5.73 Å². The molecule has 2 aliphatic rings. The van der Waals surface area contributed by atoms with Crippen molar-refractivity contribution in [3.05, 3.63) is 29.8 Å². The van der Waals surface area contributed by atoms with Crippen molar-refractivity contribution in [2.24, 2.45) is 11.7 Å². The molecule has 1 aliphatic carbocycles. The van der Waals surface area contributed by atoms with Crippen LogP contribution in [0.5, 0.6) is 0 Å². The fourth-order valence-electron chi connectivity index (χ4n) is 3.42. The normalized spacial score (nSPS) is 30.8. The molecule has 0 unspecified atom stereocenters. The zero-order valence-electron chi connectivity index (χ0n) is 11.8. The summed E-state index contributed by atoms with van der Waals surface area (Å²) in [5, 5.41) is 3.46. The molecule has 1 atom stereocenters. The number of rotatable bonds is 3.